The van der Waals surface area contributed by atoms with E-state index in [2.05, 4.69) is 10.0 Å². The Morgan fingerprint density at radius 1 is 1.08 bits per heavy atom. The number of carbonyl (C=O) groups excluding carboxylic acids is 1. The number of amides is 1. The van der Waals surface area contributed by atoms with Crippen LogP contribution in [0, 0.1) is 13.8 Å². The highest BCUT2D eigenvalue weighted by Gasteiger charge is 2.08. The van der Waals surface area contributed by atoms with E-state index in [1.807, 2.05) is 32.0 Å². The highest BCUT2D eigenvalue weighted by atomic mass is 32.2. The van der Waals surface area contributed by atoms with Crippen molar-refractivity contribution in [2.24, 2.45) is 0 Å². The van der Waals surface area contributed by atoms with E-state index >= 15 is 0 Å². The van der Waals surface area contributed by atoms with E-state index in [1.165, 1.54) is 6.07 Å². The van der Waals surface area contributed by atoms with Crippen molar-refractivity contribution in [2.45, 2.75) is 13.8 Å². The molecular formula is C18H22N2O4S. The van der Waals surface area contributed by atoms with Crippen molar-refractivity contribution in [3.63, 3.8) is 0 Å². The van der Waals surface area contributed by atoms with Crippen molar-refractivity contribution in [3.05, 3.63) is 59.2 Å². The number of sulfonamides is 1. The van der Waals surface area contributed by atoms with Gasteiger partial charge in [0.05, 0.1) is 12.8 Å². The Kier molecular flexibility index (Phi) is 6.03. The van der Waals surface area contributed by atoms with Crippen LogP contribution < -0.4 is 14.8 Å². The average Bonchev–Trinajstić information content (AvgIpc) is 2.52. The maximum Gasteiger partial charge on any atom is 0.251 e. The molecule has 2 N–H and O–H groups in total. The van der Waals surface area contributed by atoms with Crippen molar-refractivity contribution < 1.29 is 17.9 Å². The number of benzene rings is 2. The summed E-state index contributed by atoms with van der Waals surface area (Å²) in [7, 11) is -3.38. The Labute approximate surface area is 148 Å². The molecule has 0 heterocycles. The maximum absolute atomic E-state index is 12.2. The van der Waals surface area contributed by atoms with E-state index < -0.39 is 10.0 Å². The molecule has 0 unspecified atom stereocenters. The lowest BCUT2D eigenvalue weighted by Gasteiger charge is -2.12. The summed E-state index contributed by atoms with van der Waals surface area (Å²) in [4.78, 5) is 12.2. The van der Waals surface area contributed by atoms with Crippen LogP contribution in [0.2, 0.25) is 0 Å². The third-order valence-electron chi connectivity index (χ3n) is 3.47. The first-order chi connectivity index (χ1) is 11.8. The highest BCUT2D eigenvalue weighted by Crippen LogP contribution is 2.21. The molecule has 0 saturated carbocycles. The van der Waals surface area contributed by atoms with Gasteiger partial charge in [-0.25, -0.2) is 8.42 Å². The second-order valence-electron chi connectivity index (χ2n) is 5.78. The lowest BCUT2D eigenvalue weighted by atomic mass is 10.1. The minimum absolute atomic E-state index is 0.290. The van der Waals surface area contributed by atoms with Gasteiger partial charge < -0.3 is 10.1 Å². The van der Waals surface area contributed by atoms with E-state index in [-0.39, 0.29) is 5.91 Å². The standard InChI is InChI=1S/C18H22N2O4S/c1-13-6-4-7-14(2)17(13)24-11-10-19-18(21)15-8-5-9-16(12-15)20-25(3,22)23/h4-9,12,20H,10-11H2,1-3H3,(H,19,21). The summed E-state index contributed by atoms with van der Waals surface area (Å²) in [5.74, 6) is 0.540. The van der Waals surface area contributed by atoms with Crippen molar-refractivity contribution in [3.8, 4) is 5.75 Å². The first-order valence-corrected chi connectivity index (χ1v) is 9.70. The molecule has 7 heteroatoms. The second kappa shape index (κ2) is 8.02. The molecule has 6 nitrogen and oxygen atoms in total. The fraction of sp³-hybridized carbons (Fsp3) is 0.278. The third-order valence-corrected chi connectivity index (χ3v) is 4.08. The molecular weight excluding hydrogens is 340 g/mol. The van der Waals surface area contributed by atoms with E-state index in [0.29, 0.717) is 24.4 Å². The van der Waals surface area contributed by atoms with Gasteiger partial charge >= 0.3 is 0 Å². The Morgan fingerprint density at radius 2 is 1.72 bits per heavy atom. The van der Waals surface area contributed by atoms with E-state index in [4.69, 9.17) is 4.74 Å². The molecule has 0 aliphatic rings. The molecule has 134 valence electrons. The minimum atomic E-state index is -3.38. The van der Waals surface area contributed by atoms with Crippen molar-refractivity contribution >= 4 is 21.6 Å². The van der Waals surface area contributed by atoms with Crippen molar-refractivity contribution in [2.75, 3.05) is 24.1 Å². The largest absolute Gasteiger partial charge is 0.491 e. The zero-order valence-electron chi connectivity index (χ0n) is 14.5. The average molecular weight is 362 g/mol. The molecule has 0 fully saturated rings. The molecule has 0 spiro atoms. The van der Waals surface area contributed by atoms with Gasteiger partial charge in [0.2, 0.25) is 10.0 Å². The number of rotatable bonds is 7. The van der Waals surface area contributed by atoms with Gasteiger partial charge in [0.15, 0.2) is 0 Å². The summed E-state index contributed by atoms with van der Waals surface area (Å²) in [6.45, 7) is 4.64. The molecule has 2 aromatic carbocycles. The van der Waals surface area contributed by atoms with Crippen LogP contribution in [0.1, 0.15) is 21.5 Å². The molecule has 0 aromatic heterocycles. The monoisotopic (exact) mass is 362 g/mol. The molecule has 25 heavy (non-hydrogen) atoms. The van der Waals surface area contributed by atoms with Gasteiger partial charge in [-0.3, -0.25) is 9.52 Å². The topological polar surface area (TPSA) is 84.5 Å². The number of ether oxygens (including phenoxy) is 1. The molecule has 0 aliphatic heterocycles. The van der Waals surface area contributed by atoms with Crippen molar-refractivity contribution in [1.29, 1.82) is 0 Å². The molecule has 2 aromatic rings. The number of anilines is 1. The Hall–Kier alpha value is -2.54. The van der Waals surface area contributed by atoms with Gasteiger partial charge in [-0.1, -0.05) is 24.3 Å². The molecule has 1 amide bonds. The third kappa shape index (κ3) is 5.79. The molecule has 0 saturated heterocycles. The summed E-state index contributed by atoms with van der Waals surface area (Å²) in [6, 6.07) is 12.2. The summed E-state index contributed by atoms with van der Waals surface area (Å²) >= 11 is 0. The highest BCUT2D eigenvalue weighted by molar-refractivity contribution is 7.92. The van der Waals surface area contributed by atoms with Crippen molar-refractivity contribution in [1.82, 2.24) is 5.32 Å². The fourth-order valence-electron chi connectivity index (χ4n) is 2.38. The quantitative estimate of drug-likeness (QED) is 0.741. The van der Waals surface area contributed by atoms with Gasteiger partial charge in [0, 0.05) is 11.3 Å². The van der Waals surface area contributed by atoms with Crippen LogP contribution in [-0.4, -0.2) is 33.7 Å². The smallest absolute Gasteiger partial charge is 0.251 e. The number of para-hydroxylation sites is 1. The summed E-state index contributed by atoms with van der Waals surface area (Å²) in [5, 5.41) is 2.76. The molecule has 0 bridgehead atoms. The van der Waals surface area contributed by atoms with Crippen LogP contribution >= 0.6 is 0 Å². The summed E-state index contributed by atoms with van der Waals surface area (Å²) in [5.41, 5.74) is 2.82. The Balaban J connectivity index is 1.89. The molecule has 0 atom stereocenters. The lowest BCUT2D eigenvalue weighted by molar-refractivity contribution is 0.0947. The minimum Gasteiger partial charge on any atom is -0.491 e. The first-order valence-electron chi connectivity index (χ1n) is 7.81. The van der Waals surface area contributed by atoms with Gasteiger partial charge in [0.25, 0.3) is 5.91 Å². The van der Waals surface area contributed by atoms with Gasteiger partial charge in [-0.2, -0.15) is 0 Å². The predicted octanol–water partition coefficient (Wildman–Crippen LogP) is 2.48. The number of carbonyl (C=O) groups is 1. The number of hydrogen-bond donors (Lipinski definition) is 2. The van der Waals surface area contributed by atoms with Crippen LogP contribution in [0.25, 0.3) is 0 Å². The number of aryl methyl sites for hydroxylation is 2. The van der Waals surface area contributed by atoms with E-state index in [9.17, 15) is 13.2 Å². The lowest BCUT2D eigenvalue weighted by Crippen LogP contribution is -2.28. The predicted molar refractivity (Wildman–Crippen MR) is 98.7 cm³/mol. The normalized spacial score (nSPS) is 11.0. The van der Waals surface area contributed by atoms with Crippen LogP contribution in [0.15, 0.2) is 42.5 Å². The van der Waals surface area contributed by atoms with Gasteiger partial charge in [-0.15, -0.1) is 0 Å². The van der Waals surface area contributed by atoms with E-state index in [0.717, 1.165) is 23.1 Å². The zero-order valence-corrected chi connectivity index (χ0v) is 15.3. The fourth-order valence-corrected chi connectivity index (χ4v) is 2.94. The molecule has 2 rings (SSSR count). The van der Waals surface area contributed by atoms with Gasteiger partial charge in [-0.05, 0) is 43.2 Å². The Bertz CT molecular complexity index is 843. The Morgan fingerprint density at radius 3 is 2.36 bits per heavy atom. The van der Waals surface area contributed by atoms with Gasteiger partial charge in [0.1, 0.15) is 12.4 Å². The van der Waals surface area contributed by atoms with Crippen LogP contribution in [-0.2, 0) is 10.0 Å². The van der Waals surface area contributed by atoms with Crippen LogP contribution in [0.4, 0.5) is 5.69 Å². The van der Waals surface area contributed by atoms with Crippen LogP contribution in [0.3, 0.4) is 0 Å². The SMILES string of the molecule is Cc1cccc(C)c1OCCNC(=O)c1cccc(NS(C)(=O)=O)c1. The summed E-state index contributed by atoms with van der Waals surface area (Å²) < 4.78 is 30.6. The molecule has 0 radical (unpaired) electrons. The number of nitrogens with one attached hydrogen (secondary N) is 2. The first kappa shape index (κ1) is 18.8. The molecule has 0 aliphatic carbocycles. The second-order valence-corrected chi connectivity index (χ2v) is 7.53. The number of hydrogen-bond acceptors (Lipinski definition) is 4. The van der Waals surface area contributed by atoms with Crippen LogP contribution in [0.5, 0.6) is 5.75 Å². The maximum atomic E-state index is 12.2. The zero-order chi connectivity index (χ0) is 18.4. The summed E-state index contributed by atoms with van der Waals surface area (Å²) in [6.07, 6.45) is 1.06. The van der Waals surface area contributed by atoms with E-state index in [1.54, 1.807) is 18.2 Å².